The number of hydrogen-bond acceptors (Lipinski definition) is 2. The summed E-state index contributed by atoms with van der Waals surface area (Å²) in [6, 6.07) is 7.57. The van der Waals surface area contributed by atoms with Crippen LogP contribution in [0.1, 0.15) is 31.4 Å². The van der Waals surface area contributed by atoms with Crippen LogP contribution in [0.2, 0.25) is 0 Å². The molecule has 20 heavy (non-hydrogen) atoms. The van der Waals surface area contributed by atoms with E-state index in [1.54, 1.807) is 0 Å². The Labute approximate surface area is 119 Å². The van der Waals surface area contributed by atoms with Gasteiger partial charge in [0.1, 0.15) is 0 Å². The molecule has 110 valence electrons. The highest BCUT2D eigenvalue weighted by Gasteiger charge is 2.17. The largest absolute Gasteiger partial charge is 0.481 e. The molecule has 0 fully saturated rings. The molecule has 0 saturated heterocycles. The summed E-state index contributed by atoms with van der Waals surface area (Å²) in [5.74, 6) is -0.901. The van der Waals surface area contributed by atoms with Gasteiger partial charge in [0.2, 0.25) is 0 Å². The van der Waals surface area contributed by atoms with E-state index in [2.05, 4.69) is 5.32 Å². The van der Waals surface area contributed by atoms with E-state index in [-0.39, 0.29) is 25.0 Å². The van der Waals surface area contributed by atoms with E-state index in [0.29, 0.717) is 6.54 Å². The monoisotopic (exact) mass is 278 g/mol. The van der Waals surface area contributed by atoms with Gasteiger partial charge in [-0.05, 0) is 31.9 Å². The molecule has 0 aromatic heterocycles. The number of nitrogens with zero attached hydrogens (tertiary/aromatic N) is 1. The van der Waals surface area contributed by atoms with Gasteiger partial charge in [0.05, 0.1) is 6.42 Å². The van der Waals surface area contributed by atoms with Crippen molar-refractivity contribution in [3.8, 4) is 0 Å². The number of carbonyl (C=O) groups excluding carboxylic acids is 1. The SMILES string of the molecule is Cc1ccccc1CNC(=O)N(CCC(=O)O)C(C)C. The quantitative estimate of drug-likeness (QED) is 0.839. The fourth-order valence-electron chi connectivity index (χ4n) is 1.89. The number of urea groups is 1. The summed E-state index contributed by atoms with van der Waals surface area (Å²) >= 11 is 0. The zero-order valence-electron chi connectivity index (χ0n) is 12.2. The Morgan fingerprint density at radius 3 is 2.50 bits per heavy atom. The third kappa shape index (κ3) is 4.91. The highest BCUT2D eigenvalue weighted by Crippen LogP contribution is 2.07. The molecule has 0 atom stereocenters. The van der Waals surface area contributed by atoms with Gasteiger partial charge in [-0.3, -0.25) is 4.79 Å². The van der Waals surface area contributed by atoms with Crippen LogP contribution in [0, 0.1) is 6.92 Å². The van der Waals surface area contributed by atoms with Crippen molar-refractivity contribution in [3.05, 3.63) is 35.4 Å². The molecule has 0 bridgehead atoms. The number of nitrogens with one attached hydrogen (secondary N) is 1. The van der Waals surface area contributed by atoms with E-state index in [1.807, 2.05) is 45.0 Å². The molecule has 0 saturated carbocycles. The smallest absolute Gasteiger partial charge is 0.317 e. The zero-order valence-corrected chi connectivity index (χ0v) is 12.2. The Morgan fingerprint density at radius 1 is 1.30 bits per heavy atom. The van der Waals surface area contributed by atoms with E-state index >= 15 is 0 Å². The van der Waals surface area contributed by atoms with Crippen molar-refractivity contribution in [3.63, 3.8) is 0 Å². The number of amides is 2. The predicted molar refractivity (Wildman–Crippen MR) is 77.5 cm³/mol. The van der Waals surface area contributed by atoms with Crippen molar-refractivity contribution in [1.82, 2.24) is 10.2 Å². The van der Waals surface area contributed by atoms with Gasteiger partial charge in [-0.2, -0.15) is 0 Å². The number of aliphatic carboxylic acids is 1. The van der Waals surface area contributed by atoms with Crippen molar-refractivity contribution >= 4 is 12.0 Å². The van der Waals surface area contributed by atoms with Crippen LogP contribution in [0.3, 0.4) is 0 Å². The summed E-state index contributed by atoms with van der Waals surface area (Å²) in [6.07, 6.45) is -0.0457. The van der Waals surface area contributed by atoms with Gasteiger partial charge in [-0.15, -0.1) is 0 Å². The second-order valence-electron chi connectivity index (χ2n) is 5.02. The minimum absolute atomic E-state index is 0.0359. The maximum Gasteiger partial charge on any atom is 0.317 e. The fraction of sp³-hybridized carbons (Fsp3) is 0.467. The number of rotatable bonds is 6. The minimum Gasteiger partial charge on any atom is -0.481 e. The van der Waals surface area contributed by atoms with Crippen molar-refractivity contribution in [2.75, 3.05) is 6.54 Å². The van der Waals surface area contributed by atoms with Crippen molar-refractivity contribution in [1.29, 1.82) is 0 Å². The first-order valence-corrected chi connectivity index (χ1v) is 6.72. The summed E-state index contributed by atoms with van der Waals surface area (Å²) in [5.41, 5.74) is 2.18. The fourth-order valence-corrected chi connectivity index (χ4v) is 1.89. The molecule has 0 spiro atoms. The zero-order chi connectivity index (χ0) is 15.1. The first-order chi connectivity index (χ1) is 9.41. The number of carboxylic acids is 1. The predicted octanol–water partition coefficient (Wildman–Crippen LogP) is 2.39. The van der Waals surface area contributed by atoms with Crippen molar-refractivity contribution < 1.29 is 14.7 Å². The molecular weight excluding hydrogens is 256 g/mol. The topological polar surface area (TPSA) is 69.6 Å². The Kier molecular flexibility index (Phi) is 6.03. The lowest BCUT2D eigenvalue weighted by molar-refractivity contribution is -0.137. The van der Waals surface area contributed by atoms with Gasteiger partial charge >= 0.3 is 12.0 Å². The molecule has 0 aliphatic rings. The molecule has 0 aliphatic carbocycles. The van der Waals surface area contributed by atoms with Gasteiger partial charge in [-0.25, -0.2) is 4.79 Å². The first kappa shape index (κ1) is 16.0. The number of benzene rings is 1. The van der Waals surface area contributed by atoms with Gasteiger partial charge in [0, 0.05) is 19.1 Å². The molecule has 5 nitrogen and oxygen atoms in total. The lowest BCUT2D eigenvalue weighted by Gasteiger charge is -2.26. The van der Waals surface area contributed by atoms with Crippen LogP contribution in [-0.4, -0.2) is 34.6 Å². The highest BCUT2D eigenvalue weighted by molar-refractivity contribution is 5.75. The van der Waals surface area contributed by atoms with Crippen LogP contribution < -0.4 is 5.32 Å². The van der Waals surface area contributed by atoms with Gasteiger partial charge in [-0.1, -0.05) is 24.3 Å². The standard InChI is InChI=1S/C15H22N2O3/c1-11(2)17(9-8-14(18)19)15(20)16-10-13-7-5-4-6-12(13)3/h4-7,11H,8-10H2,1-3H3,(H,16,20)(H,18,19). The highest BCUT2D eigenvalue weighted by atomic mass is 16.4. The molecule has 1 aromatic rings. The third-order valence-corrected chi connectivity index (χ3v) is 3.14. The molecule has 1 aromatic carbocycles. The van der Waals surface area contributed by atoms with E-state index in [4.69, 9.17) is 5.11 Å². The number of aryl methyl sites for hydroxylation is 1. The first-order valence-electron chi connectivity index (χ1n) is 6.72. The molecule has 5 heteroatoms. The summed E-state index contributed by atoms with van der Waals surface area (Å²) in [5, 5.41) is 11.6. The molecule has 0 unspecified atom stereocenters. The molecule has 1 rings (SSSR count). The van der Waals surface area contributed by atoms with E-state index in [0.717, 1.165) is 11.1 Å². The van der Waals surface area contributed by atoms with E-state index < -0.39 is 5.97 Å². The van der Waals surface area contributed by atoms with Gasteiger partial charge in [0.15, 0.2) is 0 Å². The molecule has 0 radical (unpaired) electrons. The maximum atomic E-state index is 12.1. The molecule has 0 heterocycles. The molecule has 2 amide bonds. The Bertz CT molecular complexity index is 472. The summed E-state index contributed by atoms with van der Waals surface area (Å²) in [6.45, 7) is 6.39. The Morgan fingerprint density at radius 2 is 1.95 bits per heavy atom. The minimum atomic E-state index is -0.901. The third-order valence-electron chi connectivity index (χ3n) is 3.14. The number of carbonyl (C=O) groups is 2. The average molecular weight is 278 g/mol. The van der Waals surface area contributed by atoms with E-state index in [9.17, 15) is 9.59 Å². The molecule has 2 N–H and O–H groups in total. The second kappa shape index (κ2) is 7.53. The van der Waals surface area contributed by atoms with Crippen LogP contribution >= 0.6 is 0 Å². The summed E-state index contributed by atoms with van der Waals surface area (Å²) < 4.78 is 0. The van der Waals surface area contributed by atoms with Crippen molar-refractivity contribution in [2.24, 2.45) is 0 Å². The van der Waals surface area contributed by atoms with Gasteiger partial charge < -0.3 is 15.3 Å². The number of hydrogen-bond donors (Lipinski definition) is 2. The average Bonchev–Trinajstić information content (AvgIpc) is 2.37. The van der Waals surface area contributed by atoms with Crippen LogP contribution in [0.25, 0.3) is 0 Å². The van der Waals surface area contributed by atoms with Gasteiger partial charge in [0.25, 0.3) is 0 Å². The van der Waals surface area contributed by atoms with Crippen LogP contribution in [0.5, 0.6) is 0 Å². The van der Waals surface area contributed by atoms with Crippen LogP contribution in [-0.2, 0) is 11.3 Å². The summed E-state index contributed by atoms with van der Waals surface area (Å²) in [4.78, 5) is 24.3. The molecule has 0 aliphatic heterocycles. The van der Waals surface area contributed by atoms with Crippen LogP contribution in [0.15, 0.2) is 24.3 Å². The molecular formula is C15H22N2O3. The van der Waals surface area contributed by atoms with Crippen molar-refractivity contribution in [2.45, 2.75) is 39.8 Å². The Balaban J connectivity index is 2.58. The van der Waals surface area contributed by atoms with E-state index in [1.165, 1.54) is 4.90 Å². The summed E-state index contributed by atoms with van der Waals surface area (Å²) in [7, 11) is 0. The lowest BCUT2D eigenvalue weighted by Crippen LogP contribution is -2.44. The van der Waals surface area contributed by atoms with Crippen LogP contribution in [0.4, 0.5) is 4.79 Å². The number of carboxylic acid groups (broad SMARTS) is 1. The maximum absolute atomic E-state index is 12.1. The Hall–Kier alpha value is -2.04. The normalized spacial score (nSPS) is 10.4. The lowest BCUT2D eigenvalue weighted by atomic mass is 10.1. The second-order valence-corrected chi connectivity index (χ2v) is 5.02.